The Labute approximate surface area is 172 Å². The molecular formula is C22H31FN4O2. The van der Waals surface area contributed by atoms with E-state index in [1.54, 1.807) is 17.0 Å². The predicted molar refractivity (Wildman–Crippen MR) is 113 cm³/mol. The molecular weight excluding hydrogens is 371 g/mol. The van der Waals surface area contributed by atoms with Crippen LogP contribution in [0.5, 0.6) is 0 Å². The van der Waals surface area contributed by atoms with Gasteiger partial charge >= 0.3 is 6.03 Å². The van der Waals surface area contributed by atoms with Crippen molar-refractivity contribution in [1.82, 2.24) is 14.4 Å². The van der Waals surface area contributed by atoms with Crippen molar-refractivity contribution in [2.45, 2.75) is 46.2 Å². The predicted octanol–water partition coefficient (Wildman–Crippen LogP) is 4.24. The minimum absolute atomic E-state index is 0.0634. The number of benzene rings is 1. The fourth-order valence-electron chi connectivity index (χ4n) is 2.98. The largest absolute Gasteiger partial charge is 0.353 e. The highest BCUT2D eigenvalue weighted by atomic mass is 19.1. The van der Waals surface area contributed by atoms with Crippen molar-refractivity contribution in [3.05, 3.63) is 54.1 Å². The van der Waals surface area contributed by atoms with Gasteiger partial charge < -0.3 is 19.7 Å². The van der Waals surface area contributed by atoms with Gasteiger partial charge in [-0.05, 0) is 44.5 Å². The molecule has 0 bridgehead atoms. The summed E-state index contributed by atoms with van der Waals surface area (Å²) < 4.78 is 15.9. The lowest BCUT2D eigenvalue weighted by Crippen LogP contribution is -2.47. The zero-order chi connectivity index (χ0) is 21.4. The molecule has 0 saturated heterocycles. The summed E-state index contributed by atoms with van der Waals surface area (Å²) in [5, 5.41) is 2.57. The first-order valence-electron chi connectivity index (χ1n) is 10.0. The summed E-state index contributed by atoms with van der Waals surface area (Å²) in [6, 6.07) is 9.21. The summed E-state index contributed by atoms with van der Waals surface area (Å²) in [4.78, 5) is 29.0. The zero-order valence-electron chi connectivity index (χ0n) is 17.7. The summed E-state index contributed by atoms with van der Waals surface area (Å²) in [6.45, 7) is 6.80. The highest BCUT2D eigenvalue weighted by molar-refractivity contribution is 5.92. The van der Waals surface area contributed by atoms with Crippen LogP contribution in [0.15, 0.2) is 42.6 Å². The first-order chi connectivity index (χ1) is 13.8. The van der Waals surface area contributed by atoms with Gasteiger partial charge in [-0.1, -0.05) is 25.5 Å². The number of aromatic nitrogens is 1. The monoisotopic (exact) mass is 402 g/mol. The number of carbonyl (C=O) groups is 2. The number of nitrogens with one attached hydrogen (secondary N) is 1. The Morgan fingerprint density at radius 2 is 1.90 bits per heavy atom. The molecule has 29 heavy (non-hydrogen) atoms. The number of aryl methyl sites for hydroxylation is 1. The van der Waals surface area contributed by atoms with Crippen LogP contribution in [0, 0.1) is 5.82 Å². The van der Waals surface area contributed by atoms with E-state index in [2.05, 4.69) is 12.2 Å². The number of halogens is 1. The Bertz CT molecular complexity index is 819. The van der Waals surface area contributed by atoms with E-state index in [1.807, 2.05) is 43.8 Å². The molecule has 0 aliphatic heterocycles. The minimum Gasteiger partial charge on any atom is -0.353 e. The molecule has 0 aliphatic carbocycles. The van der Waals surface area contributed by atoms with Crippen molar-refractivity contribution in [3.63, 3.8) is 0 Å². The highest BCUT2D eigenvalue weighted by Crippen LogP contribution is 2.15. The number of urea groups is 1. The quantitative estimate of drug-likeness (QED) is 0.682. The third-order valence-corrected chi connectivity index (χ3v) is 4.84. The summed E-state index contributed by atoms with van der Waals surface area (Å²) >= 11 is 0. The van der Waals surface area contributed by atoms with Crippen LogP contribution in [0.3, 0.4) is 0 Å². The number of anilines is 1. The molecule has 158 valence electrons. The number of unbranched alkanes of at least 4 members (excludes halogenated alkanes) is 1. The van der Waals surface area contributed by atoms with Crippen LogP contribution in [0.4, 0.5) is 14.9 Å². The Morgan fingerprint density at radius 1 is 1.17 bits per heavy atom. The smallest absolute Gasteiger partial charge is 0.322 e. The lowest BCUT2D eigenvalue weighted by atomic mass is 10.2. The summed E-state index contributed by atoms with van der Waals surface area (Å²) in [7, 11) is 1.94. The van der Waals surface area contributed by atoms with E-state index in [4.69, 9.17) is 0 Å². The molecule has 6 nitrogen and oxygen atoms in total. The molecule has 3 amide bonds. The Balaban J connectivity index is 2.11. The van der Waals surface area contributed by atoms with Crippen molar-refractivity contribution in [2.24, 2.45) is 7.05 Å². The van der Waals surface area contributed by atoms with Crippen molar-refractivity contribution >= 4 is 17.6 Å². The topological polar surface area (TPSA) is 57.6 Å². The number of nitrogens with zero attached hydrogens (tertiary/aromatic N) is 3. The number of rotatable bonds is 9. The fourth-order valence-corrected chi connectivity index (χ4v) is 2.98. The molecule has 1 N–H and O–H groups in total. The van der Waals surface area contributed by atoms with Gasteiger partial charge in [0, 0.05) is 31.5 Å². The lowest BCUT2D eigenvalue weighted by Gasteiger charge is -2.30. The highest BCUT2D eigenvalue weighted by Gasteiger charge is 2.24. The molecule has 0 radical (unpaired) electrons. The lowest BCUT2D eigenvalue weighted by molar-refractivity contribution is -0.132. The van der Waals surface area contributed by atoms with Gasteiger partial charge in [-0.15, -0.1) is 0 Å². The molecule has 1 aromatic carbocycles. The van der Waals surface area contributed by atoms with E-state index < -0.39 is 11.8 Å². The van der Waals surface area contributed by atoms with E-state index in [1.165, 1.54) is 17.0 Å². The van der Waals surface area contributed by atoms with Gasteiger partial charge in [0.2, 0.25) is 5.91 Å². The minimum atomic E-state index is -0.510. The van der Waals surface area contributed by atoms with Crippen molar-refractivity contribution < 1.29 is 14.0 Å². The van der Waals surface area contributed by atoms with Gasteiger partial charge in [0.25, 0.3) is 0 Å². The molecule has 7 heteroatoms. The van der Waals surface area contributed by atoms with Gasteiger partial charge in [0.1, 0.15) is 12.4 Å². The second-order valence-corrected chi connectivity index (χ2v) is 7.41. The van der Waals surface area contributed by atoms with Crippen LogP contribution in [-0.4, -0.2) is 45.4 Å². The molecule has 0 aliphatic rings. The van der Waals surface area contributed by atoms with Crippen LogP contribution in [-0.2, 0) is 18.4 Å². The van der Waals surface area contributed by atoms with E-state index in [-0.39, 0.29) is 24.2 Å². The molecule has 0 saturated carbocycles. The number of carbonyl (C=O) groups excluding carboxylic acids is 2. The normalized spacial score (nSPS) is 10.8. The van der Waals surface area contributed by atoms with E-state index in [9.17, 15) is 14.0 Å². The second-order valence-electron chi connectivity index (χ2n) is 7.41. The van der Waals surface area contributed by atoms with Gasteiger partial charge in [-0.25, -0.2) is 9.18 Å². The van der Waals surface area contributed by atoms with Gasteiger partial charge in [-0.2, -0.15) is 0 Å². The third-order valence-electron chi connectivity index (χ3n) is 4.84. The number of hydrogen-bond donors (Lipinski definition) is 1. The van der Waals surface area contributed by atoms with Gasteiger partial charge in [-0.3, -0.25) is 4.79 Å². The fraction of sp³-hybridized carbons (Fsp3) is 0.455. The van der Waals surface area contributed by atoms with E-state index in [0.717, 1.165) is 18.5 Å². The van der Waals surface area contributed by atoms with Crippen LogP contribution in [0.25, 0.3) is 0 Å². The van der Waals surface area contributed by atoms with Gasteiger partial charge in [0.15, 0.2) is 0 Å². The number of amides is 3. The van der Waals surface area contributed by atoms with Crippen LogP contribution in [0.2, 0.25) is 0 Å². The van der Waals surface area contributed by atoms with Crippen molar-refractivity contribution in [3.8, 4) is 0 Å². The van der Waals surface area contributed by atoms with E-state index >= 15 is 0 Å². The van der Waals surface area contributed by atoms with Crippen molar-refractivity contribution in [2.75, 3.05) is 18.4 Å². The van der Waals surface area contributed by atoms with Gasteiger partial charge in [0.05, 0.1) is 12.2 Å². The average molecular weight is 403 g/mol. The molecule has 2 rings (SSSR count). The van der Waals surface area contributed by atoms with Crippen LogP contribution < -0.4 is 5.32 Å². The Hall–Kier alpha value is -2.83. The molecule has 2 aromatic rings. The van der Waals surface area contributed by atoms with Crippen LogP contribution in [0.1, 0.15) is 39.3 Å². The molecule has 1 heterocycles. The molecule has 0 unspecified atom stereocenters. The molecule has 1 aromatic heterocycles. The SMILES string of the molecule is CCCCN(Cc1cccn1C)C(=O)CN(C(=O)Nc1ccccc1F)C(C)C. The summed E-state index contributed by atoms with van der Waals surface area (Å²) in [6.07, 6.45) is 3.80. The van der Waals surface area contributed by atoms with Crippen LogP contribution >= 0.6 is 0 Å². The number of para-hydroxylation sites is 1. The first kappa shape index (κ1) is 22.5. The Morgan fingerprint density at radius 3 is 2.48 bits per heavy atom. The summed E-state index contributed by atoms with van der Waals surface area (Å²) in [5.41, 5.74) is 1.13. The second kappa shape index (κ2) is 10.6. The maximum atomic E-state index is 13.9. The molecule has 0 atom stereocenters. The maximum Gasteiger partial charge on any atom is 0.322 e. The first-order valence-corrected chi connectivity index (χ1v) is 10.0. The zero-order valence-corrected chi connectivity index (χ0v) is 17.7. The average Bonchev–Trinajstić information content (AvgIpc) is 3.08. The summed E-state index contributed by atoms with van der Waals surface area (Å²) in [5.74, 6) is -0.638. The standard InChI is InChI=1S/C22H31FN4O2/c1-5-6-14-26(15-18-10-9-13-25(18)4)21(28)16-27(17(2)3)22(29)24-20-12-8-7-11-19(20)23/h7-13,17H,5-6,14-16H2,1-4H3,(H,24,29). The molecule has 0 spiro atoms. The number of hydrogen-bond acceptors (Lipinski definition) is 2. The van der Waals surface area contributed by atoms with Crippen molar-refractivity contribution in [1.29, 1.82) is 0 Å². The maximum absolute atomic E-state index is 13.9. The third kappa shape index (κ3) is 6.34. The van der Waals surface area contributed by atoms with E-state index in [0.29, 0.717) is 13.1 Å². The molecule has 0 fully saturated rings. The Kier molecular flexibility index (Phi) is 8.24.